The van der Waals surface area contributed by atoms with E-state index in [2.05, 4.69) is 4.72 Å². The van der Waals surface area contributed by atoms with Gasteiger partial charge in [-0.15, -0.1) is 0 Å². The lowest BCUT2D eigenvalue weighted by Crippen LogP contribution is -2.50. The van der Waals surface area contributed by atoms with Crippen LogP contribution in [0.3, 0.4) is 0 Å². The molecule has 0 unspecified atom stereocenters. The molecule has 0 aromatic rings. The van der Waals surface area contributed by atoms with Crippen molar-refractivity contribution < 1.29 is 23.1 Å². The predicted octanol–water partition coefficient (Wildman–Crippen LogP) is -0.440. The molecule has 0 atom stereocenters. The van der Waals surface area contributed by atoms with E-state index in [4.69, 9.17) is 9.84 Å². The van der Waals surface area contributed by atoms with E-state index in [0.29, 0.717) is 26.1 Å². The molecule has 1 saturated heterocycles. The van der Waals surface area contributed by atoms with E-state index in [1.165, 1.54) is 0 Å². The quantitative estimate of drug-likeness (QED) is 0.691. The van der Waals surface area contributed by atoms with Crippen molar-refractivity contribution in [3.8, 4) is 0 Å². The summed E-state index contributed by atoms with van der Waals surface area (Å²) in [5.74, 6) is -2.23. The molecule has 88 valence electrons. The summed E-state index contributed by atoms with van der Waals surface area (Å²) < 4.78 is 30.3. The average molecular weight is 237 g/mol. The number of carboxylic acids is 1. The number of rotatable bonds is 4. The van der Waals surface area contributed by atoms with Crippen molar-refractivity contribution >= 4 is 16.0 Å². The molecule has 15 heavy (non-hydrogen) atoms. The van der Waals surface area contributed by atoms with Gasteiger partial charge in [0, 0.05) is 18.8 Å². The van der Waals surface area contributed by atoms with Crippen LogP contribution in [-0.4, -0.2) is 44.0 Å². The normalized spacial score (nSPS) is 21.1. The fourth-order valence-corrected chi connectivity index (χ4v) is 2.85. The predicted molar refractivity (Wildman–Crippen MR) is 53.0 cm³/mol. The lowest BCUT2D eigenvalue weighted by atomic mass is 9.94. The van der Waals surface area contributed by atoms with Gasteiger partial charge in [0.1, 0.15) is 0 Å². The molecule has 6 nitrogen and oxygen atoms in total. The van der Waals surface area contributed by atoms with Gasteiger partial charge in [-0.3, -0.25) is 4.79 Å². The summed E-state index contributed by atoms with van der Waals surface area (Å²) >= 11 is 0. The molecule has 1 rings (SSSR count). The van der Waals surface area contributed by atoms with E-state index in [0.717, 1.165) is 0 Å². The van der Waals surface area contributed by atoms with Gasteiger partial charge in [-0.05, 0) is 19.8 Å². The maximum absolute atomic E-state index is 11.4. The van der Waals surface area contributed by atoms with Crippen LogP contribution in [0.5, 0.6) is 0 Å². The summed E-state index contributed by atoms with van der Waals surface area (Å²) in [6.07, 6.45) is 1.12. The highest BCUT2D eigenvalue weighted by atomic mass is 32.2. The smallest absolute Gasteiger partial charge is 0.320 e. The Bertz CT molecular complexity index is 331. The first kappa shape index (κ1) is 12.4. The third kappa shape index (κ3) is 4.15. The van der Waals surface area contributed by atoms with E-state index in [-0.39, 0.29) is 0 Å². The van der Waals surface area contributed by atoms with Gasteiger partial charge >= 0.3 is 5.97 Å². The molecular formula is C8H15NO5S. The van der Waals surface area contributed by atoms with Crippen molar-refractivity contribution in [3.63, 3.8) is 0 Å². The molecule has 1 aliphatic heterocycles. The fourth-order valence-electron chi connectivity index (χ4n) is 1.50. The second-order valence-electron chi connectivity index (χ2n) is 3.93. The first-order valence-corrected chi connectivity index (χ1v) is 6.29. The number of nitrogens with one attached hydrogen (secondary N) is 1. The second-order valence-corrected chi connectivity index (χ2v) is 5.65. The Morgan fingerprint density at radius 3 is 2.47 bits per heavy atom. The molecule has 0 spiro atoms. The zero-order valence-corrected chi connectivity index (χ0v) is 9.34. The lowest BCUT2D eigenvalue weighted by molar-refractivity contribution is -0.134. The third-order valence-corrected chi connectivity index (χ3v) is 3.74. The van der Waals surface area contributed by atoms with E-state index in [9.17, 15) is 13.2 Å². The second kappa shape index (κ2) is 4.46. The van der Waals surface area contributed by atoms with Crippen LogP contribution in [0.25, 0.3) is 0 Å². The number of hydrogen-bond acceptors (Lipinski definition) is 4. The van der Waals surface area contributed by atoms with Crippen LogP contribution in [-0.2, 0) is 19.6 Å². The van der Waals surface area contributed by atoms with Crippen molar-refractivity contribution in [1.82, 2.24) is 4.72 Å². The topological polar surface area (TPSA) is 92.7 Å². The number of aliphatic carboxylic acids is 1. The molecule has 2 N–H and O–H groups in total. The molecule has 0 saturated carbocycles. The highest BCUT2D eigenvalue weighted by Crippen LogP contribution is 2.20. The summed E-state index contributed by atoms with van der Waals surface area (Å²) in [7, 11) is -3.74. The largest absolute Gasteiger partial charge is 0.480 e. The Hall–Kier alpha value is -0.660. The minimum absolute atomic E-state index is 0.492. The van der Waals surface area contributed by atoms with E-state index in [1.807, 2.05) is 0 Å². The molecule has 0 radical (unpaired) electrons. The Morgan fingerprint density at radius 1 is 1.47 bits per heavy atom. The Morgan fingerprint density at radius 2 is 2.00 bits per heavy atom. The van der Waals surface area contributed by atoms with E-state index in [1.54, 1.807) is 6.92 Å². The van der Waals surface area contributed by atoms with Crippen LogP contribution >= 0.6 is 0 Å². The molecule has 0 amide bonds. The zero-order chi connectivity index (χ0) is 11.5. The van der Waals surface area contributed by atoms with Gasteiger partial charge in [0.25, 0.3) is 0 Å². The fraction of sp³-hybridized carbons (Fsp3) is 0.875. The molecule has 1 heterocycles. The van der Waals surface area contributed by atoms with Crippen molar-refractivity contribution in [3.05, 3.63) is 0 Å². The van der Waals surface area contributed by atoms with Crippen LogP contribution < -0.4 is 4.72 Å². The third-order valence-electron chi connectivity index (χ3n) is 2.31. The van der Waals surface area contributed by atoms with Gasteiger partial charge in [0.05, 0.1) is 0 Å². The maximum atomic E-state index is 11.4. The summed E-state index contributed by atoms with van der Waals surface area (Å²) in [5, 5.41) is 8.42. The van der Waals surface area contributed by atoms with Crippen molar-refractivity contribution in [2.24, 2.45) is 0 Å². The highest BCUT2D eigenvalue weighted by Gasteiger charge is 2.32. The minimum Gasteiger partial charge on any atom is -0.480 e. The van der Waals surface area contributed by atoms with Crippen LogP contribution in [0.2, 0.25) is 0 Å². The first-order valence-electron chi connectivity index (χ1n) is 4.64. The number of carboxylic acid groups (broad SMARTS) is 1. The molecule has 0 bridgehead atoms. The van der Waals surface area contributed by atoms with Gasteiger partial charge in [-0.25, -0.2) is 13.1 Å². The molecule has 0 aromatic carbocycles. The van der Waals surface area contributed by atoms with Crippen LogP contribution in [0.4, 0.5) is 0 Å². The standard InChI is InChI=1S/C8H15NO5S/c1-8(2-4-14-5-3-8)9-15(12,13)6-7(10)11/h9H,2-6H2,1H3,(H,10,11). The number of carbonyl (C=O) groups is 1. The van der Waals surface area contributed by atoms with Gasteiger partial charge in [-0.1, -0.05) is 0 Å². The van der Waals surface area contributed by atoms with Crippen LogP contribution in [0.15, 0.2) is 0 Å². The highest BCUT2D eigenvalue weighted by molar-refractivity contribution is 7.90. The van der Waals surface area contributed by atoms with Crippen molar-refractivity contribution in [2.45, 2.75) is 25.3 Å². The SMILES string of the molecule is CC1(NS(=O)(=O)CC(=O)O)CCOCC1. The molecule has 1 aliphatic rings. The number of ether oxygens (including phenoxy) is 1. The van der Waals surface area contributed by atoms with Gasteiger partial charge < -0.3 is 9.84 Å². The van der Waals surface area contributed by atoms with E-state index < -0.39 is 27.3 Å². The summed E-state index contributed by atoms with van der Waals surface area (Å²) in [6.45, 7) is 2.74. The van der Waals surface area contributed by atoms with Gasteiger partial charge in [0.15, 0.2) is 5.75 Å². The Labute approximate surface area is 88.7 Å². The van der Waals surface area contributed by atoms with Crippen LogP contribution in [0.1, 0.15) is 19.8 Å². The Kier molecular flexibility index (Phi) is 3.69. The molecule has 0 aliphatic carbocycles. The van der Waals surface area contributed by atoms with Crippen molar-refractivity contribution in [1.29, 1.82) is 0 Å². The average Bonchev–Trinajstić information content (AvgIpc) is 1.99. The van der Waals surface area contributed by atoms with Crippen LogP contribution in [0, 0.1) is 0 Å². The summed E-state index contributed by atoms with van der Waals surface area (Å²) in [4.78, 5) is 10.3. The summed E-state index contributed by atoms with van der Waals surface area (Å²) in [6, 6.07) is 0. The van der Waals surface area contributed by atoms with Gasteiger partial charge in [0.2, 0.25) is 10.0 Å². The minimum atomic E-state index is -3.74. The summed E-state index contributed by atoms with van der Waals surface area (Å²) in [5.41, 5.74) is -0.577. The lowest BCUT2D eigenvalue weighted by Gasteiger charge is -2.33. The van der Waals surface area contributed by atoms with Gasteiger partial charge in [-0.2, -0.15) is 0 Å². The monoisotopic (exact) mass is 237 g/mol. The molecule has 1 fully saturated rings. The Balaban J connectivity index is 2.62. The van der Waals surface area contributed by atoms with E-state index >= 15 is 0 Å². The molecular weight excluding hydrogens is 222 g/mol. The molecule has 7 heteroatoms. The molecule has 0 aromatic heterocycles. The maximum Gasteiger partial charge on any atom is 0.320 e. The zero-order valence-electron chi connectivity index (χ0n) is 8.52. The first-order chi connectivity index (χ1) is 6.83. The number of sulfonamides is 1. The number of hydrogen-bond donors (Lipinski definition) is 2. The van der Waals surface area contributed by atoms with Crippen molar-refractivity contribution in [2.75, 3.05) is 19.0 Å².